The zero-order valence-corrected chi connectivity index (χ0v) is 14.4. The maximum atomic E-state index is 12.2. The van der Waals surface area contributed by atoms with Crippen LogP contribution in [0.4, 0.5) is 11.5 Å². The van der Waals surface area contributed by atoms with Crippen LogP contribution in [0.25, 0.3) is 0 Å². The molecule has 0 spiro atoms. The maximum absolute atomic E-state index is 12.2. The largest absolute Gasteiger partial charge is 0.341 e. The summed E-state index contributed by atoms with van der Waals surface area (Å²) in [6.45, 7) is 4.37. The third-order valence-corrected chi connectivity index (χ3v) is 3.89. The van der Waals surface area contributed by atoms with Crippen LogP contribution in [0.1, 0.15) is 37.8 Å². The van der Waals surface area contributed by atoms with Crippen molar-refractivity contribution in [2.45, 2.75) is 39.7 Å². The van der Waals surface area contributed by atoms with Crippen molar-refractivity contribution in [3.8, 4) is 6.07 Å². The average Bonchev–Trinajstić information content (AvgIpc) is 2.54. The molecule has 0 bridgehead atoms. The zero-order chi connectivity index (χ0) is 17.7. The highest BCUT2D eigenvalue weighted by atomic mass is 35.5. The molecule has 0 atom stereocenters. The van der Waals surface area contributed by atoms with Gasteiger partial charge in [0.2, 0.25) is 0 Å². The van der Waals surface area contributed by atoms with E-state index in [1.165, 1.54) is 4.57 Å². The molecule has 2 aromatic rings. The summed E-state index contributed by atoms with van der Waals surface area (Å²) in [5.74, 6) is 0.450. The van der Waals surface area contributed by atoms with Crippen LogP contribution in [0.3, 0.4) is 0 Å². The maximum Gasteiger partial charge on any atom is 0.329 e. The molecule has 1 aromatic carbocycles. The first-order chi connectivity index (χ1) is 11.5. The van der Waals surface area contributed by atoms with Gasteiger partial charge in [-0.25, -0.2) is 4.79 Å². The minimum atomic E-state index is -0.448. The fraction of sp³-hybridized carbons (Fsp3) is 0.353. The molecular formula is C17H19ClN4O2. The molecular weight excluding hydrogens is 328 g/mol. The fourth-order valence-electron chi connectivity index (χ4n) is 2.48. The van der Waals surface area contributed by atoms with Gasteiger partial charge in [-0.1, -0.05) is 31.9 Å². The summed E-state index contributed by atoms with van der Waals surface area (Å²) in [6, 6.07) is 6.86. The Kier molecular flexibility index (Phi) is 5.83. The molecule has 0 aliphatic heterocycles. The first-order valence-corrected chi connectivity index (χ1v) is 8.21. The highest BCUT2D eigenvalue weighted by molar-refractivity contribution is 6.31. The number of anilines is 2. The van der Waals surface area contributed by atoms with Gasteiger partial charge in [0.15, 0.2) is 0 Å². The highest BCUT2D eigenvalue weighted by Crippen LogP contribution is 2.23. The van der Waals surface area contributed by atoms with Crippen molar-refractivity contribution < 1.29 is 0 Å². The van der Waals surface area contributed by atoms with Crippen LogP contribution in [-0.4, -0.2) is 9.55 Å². The summed E-state index contributed by atoms with van der Waals surface area (Å²) in [5.41, 5.74) is 0.597. The second-order valence-corrected chi connectivity index (χ2v) is 5.85. The molecule has 0 aliphatic carbocycles. The molecule has 2 N–H and O–H groups in total. The topological polar surface area (TPSA) is 90.7 Å². The van der Waals surface area contributed by atoms with Crippen LogP contribution in [0.5, 0.6) is 0 Å². The number of nitriles is 1. The van der Waals surface area contributed by atoms with Gasteiger partial charge in [0.1, 0.15) is 5.82 Å². The smallest absolute Gasteiger partial charge is 0.329 e. The van der Waals surface area contributed by atoms with Gasteiger partial charge in [-0.05, 0) is 31.0 Å². The van der Waals surface area contributed by atoms with E-state index in [1.807, 2.05) is 19.9 Å². The summed E-state index contributed by atoms with van der Waals surface area (Å²) < 4.78 is 1.52. The van der Waals surface area contributed by atoms with Gasteiger partial charge < -0.3 is 5.32 Å². The number of hydrogen-bond donors (Lipinski definition) is 2. The number of unbranched alkanes of at least 4 members (excludes halogenated alkanes) is 1. The minimum absolute atomic E-state index is 0.398. The van der Waals surface area contributed by atoms with Gasteiger partial charge in [-0.3, -0.25) is 14.3 Å². The Hall–Kier alpha value is -2.52. The van der Waals surface area contributed by atoms with Crippen molar-refractivity contribution in [3.05, 3.63) is 55.2 Å². The Morgan fingerprint density at radius 2 is 2.04 bits per heavy atom. The number of nitrogens with zero attached hydrogens (tertiary/aromatic N) is 2. The summed E-state index contributed by atoms with van der Waals surface area (Å²) in [5, 5.41) is 12.6. The van der Waals surface area contributed by atoms with E-state index in [0.717, 1.165) is 12.8 Å². The Morgan fingerprint density at radius 1 is 1.29 bits per heavy atom. The summed E-state index contributed by atoms with van der Waals surface area (Å²) in [6.07, 6.45) is 2.20. The monoisotopic (exact) mass is 346 g/mol. The number of H-pyrrole nitrogens is 1. The molecule has 1 heterocycles. The van der Waals surface area contributed by atoms with Gasteiger partial charge in [0.05, 0.1) is 17.2 Å². The Labute approximate surface area is 144 Å². The first-order valence-electron chi connectivity index (χ1n) is 7.83. The van der Waals surface area contributed by atoms with Crippen molar-refractivity contribution in [2.24, 2.45) is 0 Å². The molecule has 0 saturated heterocycles. The number of rotatable bonds is 6. The van der Waals surface area contributed by atoms with Crippen LogP contribution in [0, 0.1) is 11.3 Å². The summed E-state index contributed by atoms with van der Waals surface area (Å²) in [4.78, 5) is 26.7. The lowest BCUT2D eigenvalue weighted by molar-refractivity contribution is 0.599. The molecule has 24 heavy (non-hydrogen) atoms. The molecule has 0 fully saturated rings. The molecule has 0 amide bonds. The second-order valence-electron chi connectivity index (χ2n) is 5.41. The first kappa shape index (κ1) is 17.8. The number of nitrogens with one attached hydrogen (secondary N) is 2. The standard InChI is InChI=1S/C17H19ClN4O2/c1-3-5-6-22-15(14(4-2)16(23)21-17(22)24)20-13-8-11(10-19)7-12(18)9-13/h7-9,20H,3-6H2,1-2H3,(H,21,23,24). The molecule has 126 valence electrons. The number of aromatic amines is 1. The average molecular weight is 347 g/mol. The van der Waals surface area contributed by atoms with Gasteiger partial charge in [0, 0.05) is 17.3 Å². The van der Waals surface area contributed by atoms with Crippen molar-refractivity contribution in [2.75, 3.05) is 5.32 Å². The lowest BCUT2D eigenvalue weighted by atomic mass is 10.2. The van der Waals surface area contributed by atoms with Gasteiger partial charge in [-0.2, -0.15) is 5.26 Å². The van der Waals surface area contributed by atoms with Crippen LogP contribution in [0.15, 0.2) is 27.8 Å². The van der Waals surface area contributed by atoms with E-state index < -0.39 is 11.2 Å². The summed E-state index contributed by atoms with van der Waals surface area (Å²) >= 11 is 6.03. The van der Waals surface area contributed by atoms with Crippen molar-refractivity contribution in [1.29, 1.82) is 5.26 Å². The molecule has 0 saturated carbocycles. The molecule has 0 radical (unpaired) electrons. The third-order valence-electron chi connectivity index (χ3n) is 3.67. The van der Waals surface area contributed by atoms with E-state index in [-0.39, 0.29) is 0 Å². The molecule has 2 rings (SSSR count). The van der Waals surface area contributed by atoms with Gasteiger partial charge >= 0.3 is 5.69 Å². The lowest BCUT2D eigenvalue weighted by Gasteiger charge is -2.17. The van der Waals surface area contributed by atoms with E-state index in [4.69, 9.17) is 16.9 Å². The predicted molar refractivity (Wildman–Crippen MR) is 95.1 cm³/mol. The van der Waals surface area contributed by atoms with Crippen LogP contribution < -0.4 is 16.6 Å². The normalized spacial score (nSPS) is 10.4. The second kappa shape index (κ2) is 7.84. The molecule has 6 nitrogen and oxygen atoms in total. The Morgan fingerprint density at radius 3 is 2.67 bits per heavy atom. The number of halogens is 1. The minimum Gasteiger partial charge on any atom is -0.341 e. The quantitative estimate of drug-likeness (QED) is 0.840. The van der Waals surface area contributed by atoms with Crippen molar-refractivity contribution in [3.63, 3.8) is 0 Å². The summed E-state index contributed by atoms with van der Waals surface area (Å²) in [7, 11) is 0. The number of benzene rings is 1. The SMILES string of the molecule is CCCCn1c(Nc2cc(Cl)cc(C#N)c2)c(CC)c(=O)[nH]c1=O. The fourth-order valence-corrected chi connectivity index (χ4v) is 2.71. The highest BCUT2D eigenvalue weighted by Gasteiger charge is 2.14. The van der Waals surface area contributed by atoms with Crippen LogP contribution in [0.2, 0.25) is 5.02 Å². The van der Waals surface area contributed by atoms with E-state index in [2.05, 4.69) is 10.3 Å². The van der Waals surface area contributed by atoms with Crippen molar-refractivity contribution in [1.82, 2.24) is 9.55 Å². The van der Waals surface area contributed by atoms with Crippen LogP contribution >= 0.6 is 11.6 Å². The van der Waals surface area contributed by atoms with Crippen molar-refractivity contribution >= 4 is 23.1 Å². The van der Waals surface area contributed by atoms with E-state index in [9.17, 15) is 9.59 Å². The van der Waals surface area contributed by atoms with Gasteiger partial charge in [0.25, 0.3) is 5.56 Å². The molecule has 0 aliphatic rings. The number of hydrogen-bond acceptors (Lipinski definition) is 4. The Bertz CT molecular complexity index is 893. The van der Waals surface area contributed by atoms with Crippen LogP contribution in [-0.2, 0) is 13.0 Å². The van der Waals surface area contributed by atoms with E-state index in [1.54, 1.807) is 18.2 Å². The lowest BCUT2D eigenvalue weighted by Crippen LogP contribution is -2.34. The molecule has 1 aromatic heterocycles. The van der Waals surface area contributed by atoms with E-state index >= 15 is 0 Å². The molecule has 0 unspecified atom stereocenters. The molecule has 7 heteroatoms. The third kappa shape index (κ3) is 3.87. The Balaban J connectivity index is 2.59. The predicted octanol–water partition coefficient (Wildman–Crippen LogP) is 3.17. The van der Waals surface area contributed by atoms with Gasteiger partial charge in [-0.15, -0.1) is 0 Å². The zero-order valence-electron chi connectivity index (χ0n) is 13.6. The van der Waals surface area contributed by atoms with E-state index in [0.29, 0.717) is 40.6 Å². The number of aromatic nitrogens is 2.